The maximum Gasteiger partial charge on any atom is 0.234 e. The van der Waals surface area contributed by atoms with Crippen LogP contribution in [-0.4, -0.2) is 57.4 Å². The summed E-state index contributed by atoms with van der Waals surface area (Å²) < 4.78 is 16.8. The van der Waals surface area contributed by atoms with Gasteiger partial charge in [0.05, 0.1) is 6.54 Å². The maximum absolute atomic E-state index is 12.5. The van der Waals surface area contributed by atoms with E-state index in [1.54, 1.807) is 7.11 Å². The van der Waals surface area contributed by atoms with Gasteiger partial charge >= 0.3 is 0 Å². The standard InChI is InChI=1S/C22H32N2O4/c1-16-17-12-19-20(28-11-10-27-19)13-18(17)22(6-3-4-7-22)15-24(16)14-21(25)23-8-5-9-26-2/h12-13,16H,3-11,14-15H2,1-2H3,(H,23,25). The van der Waals surface area contributed by atoms with Crippen molar-refractivity contribution in [3.63, 3.8) is 0 Å². The lowest BCUT2D eigenvalue weighted by molar-refractivity contribution is -0.123. The Hall–Kier alpha value is -1.79. The lowest BCUT2D eigenvalue weighted by atomic mass is 9.71. The Kier molecular flexibility index (Phi) is 5.78. The normalized spacial score (nSPS) is 22.9. The van der Waals surface area contributed by atoms with Gasteiger partial charge in [0.15, 0.2) is 11.5 Å². The highest BCUT2D eigenvalue weighted by Crippen LogP contribution is 2.51. The van der Waals surface area contributed by atoms with E-state index in [9.17, 15) is 4.79 Å². The SMILES string of the molecule is COCCCNC(=O)CN1CC2(CCCC2)c2cc3c(cc2C1C)OCCO3. The van der Waals surface area contributed by atoms with E-state index < -0.39 is 0 Å². The fourth-order valence-electron chi connectivity index (χ4n) is 5.07. The molecule has 3 aliphatic rings. The van der Waals surface area contributed by atoms with E-state index >= 15 is 0 Å². The molecule has 1 fully saturated rings. The number of ether oxygens (including phenoxy) is 3. The molecule has 6 heteroatoms. The predicted octanol–water partition coefficient (Wildman–Crippen LogP) is 2.80. The van der Waals surface area contributed by atoms with Crippen LogP contribution in [0.15, 0.2) is 12.1 Å². The molecule has 28 heavy (non-hydrogen) atoms. The molecular weight excluding hydrogens is 356 g/mol. The van der Waals surface area contributed by atoms with E-state index in [0.717, 1.165) is 24.5 Å². The number of benzene rings is 1. The number of hydrogen-bond acceptors (Lipinski definition) is 5. The van der Waals surface area contributed by atoms with E-state index in [1.165, 1.54) is 36.8 Å². The highest BCUT2D eigenvalue weighted by Gasteiger charge is 2.45. The number of hydrogen-bond donors (Lipinski definition) is 1. The number of carbonyl (C=O) groups is 1. The predicted molar refractivity (Wildman–Crippen MR) is 107 cm³/mol. The molecule has 0 bridgehead atoms. The third kappa shape index (κ3) is 3.72. The highest BCUT2D eigenvalue weighted by atomic mass is 16.6. The van der Waals surface area contributed by atoms with Gasteiger partial charge in [0, 0.05) is 38.3 Å². The Bertz CT molecular complexity index is 715. The van der Waals surface area contributed by atoms with E-state index in [0.29, 0.717) is 32.9 Å². The van der Waals surface area contributed by atoms with Crippen molar-refractivity contribution >= 4 is 5.91 Å². The number of amides is 1. The summed E-state index contributed by atoms with van der Waals surface area (Å²) >= 11 is 0. The molecule has 0 saturated heterocycles. The molecule has 154 valence electrons. The largest absolute Gasteiger partial charge is 0.486 e. The number of nitrogens with one attached hydrogen (secondary N) is 1. The van der Waals surface area contributed by atoms with Crippen LogP contribution in [0.4, 0.5) is 0 Å². The average molecular weight is 389 g/mol. The van der Waals surface area contributed by atoms with Gasteiger partial charge in [-0.1, -0.05) is 12.8 Å². The first-order valence-corrected chi connectivity index (χ1v) is 10.6. The topological polar surface area (TPSA) is 60.0 Å². The Morgan fingerprint density at radius 3 is 2.68 bits per heavy atom. The van der Waals surface area contributed by atoms with Gasteiger partial charge in [0.1, 0.15) is 13.2 Å². The second-order valence-corrected chi connectivity index (χ2v) is 8.35. The molecule has 1 amide bonds. The molecule has 0 aromatic heterocycles. The molecule has 1 atom stereocenters. The van der Waals surface area contributed by atoms with E-state index in [1.807, 2.05) is 0 Å². The third-order valence-corrected chi connectivity index (χ3v) is 6.54. The first-order chi connectivity index (χ1) is 13.6. The molecule has 4 rings (SSSR count). The molecule has 1 aromatic rings. The molecule has 2 aliphatic heterocycles. The first kappa shape index (κ1) is 19.5. The Balaban J connectivity index is 1.56. The van der Waals surface area contributed by atoms with Crippen molar-refractivity contribution in [3.05, 3.63) is 23.3 Å². The van der Waals surface area contributed by atoms with Crippen LogP contribution in [0.25, 0.3) is 0 Å². The zero-order chi connectivity index (χ0) is 19.6. The van der Waals surface area contributed by atoms with E-state index in [4.69, 9.17) is 14.2 Å². The van der Waals surface area contributed by atoms with Gasteiger partial charge in [0.25, 0.3) is 0 Å². The average Bonchev–Trinajstić information content (AvgIpc) is 3.17. The molecule has 1 aliphatic carbocycles. The molecule has 1 unspecified atom stereocenters. The van der Waals surface area contributed by atoms with Gasteiger partial charge in [-0.3, -0.25) is 9.69 Å². The smallest absolute Gasteiger partial charge is 0.234 e. The quantitative estimate of drug-likeness (QED) is 0.760. The minimum Gasteiger partial charge on any atom is -0.486 e. The number of methoxy groups -OCH3 is 1. The van der Waals surface area contributed by atoms with Gasteiger partial charge in [-0.15, -0.1) is 0 Å². The fourth-order valence-corrected chi connectivity index (χ4v) is 5.07. The van der Waals surface area contributed by atoms with Crippen LogP contribution in [0.2, 0.25) is 0 Å². The molecule has 6 nitrogen and oxygen atoms in total. The lowest BCUT2D eigenvalue weighted by Crippen LogP contribution is -2.49. The van der Waals surface area contributed by atoms with Crippen molar-refractivity contribution in [2.45, 2.75) is 50.5 Å². The summed E-state index contributed by atoms with van der Waals surface area (Å²) in [5.41, 5.74) is 2.84. The summed E-state index contributed by atoms with van der Waals surface area (Å²) in [6.07, 6.45) is 5.70. The van der Waals surface area contributed by atoms with Gasteiger partial charge in [-0.2, -0.15) is 0 Å². The third-order valence-electron chi connectivity index (χ3n) is 6.54. The Morgan fingerprint density at radius 1 is 1.25 bits per heavy atom. The Labute approximate surface area is 167 Å². The number of carbonyl (C=O) groups excluding carboxylic acids is 1. The van der Waals surface area contributed by atoms with Crippen molar-refractivity contribution < 1.29 is 19.0 Å². The van der Waals surface area contributed by atoms with Crippen LogP contribution < -0.4 is 14.8 Å². The summed E-state index contributed by atoms with van der Waals surface area (Å²) in [5, 5.41) is 3.03. The summed E-state index contributed by atoms with van der Waals surface area (Å²) in [6.45, 7) is 6.12. The van der Waals surface area contributed by atoms with E-state index in [2.05, 4.69) is 29.3 Å². The van der Waals surface area contributed by atoms with Crippen LogP contribution in [0.1, 0.15) is 56.2 Å². The van der Waals surface area contributed by atoms with Gasteiger partial charge in [0.2, 0.25) is 5.91 Å². The van der Waals surface area contributed by atoms with Crippen molar-refractivity contribution in [1.82, 2.24) is 10.2 Å². The minimum absolute atomic E-state index is 0.0945. The number of rotatable bonds is 6. The molecule has 1 aromatic carbocycles. The first-order valence-electron chi connectivity index (χ1n) is 10.6. The summed E-state index contributed by atoms with van der Waals surface area (Å²) in [5.74, 6) is 1.82. The summed E-state index contributed by atoms with van der Waals surface area (Å²) in [7, 11) is 1.68. The summed E-state index contributed by atoms with van der Waals surface area (Å²) in [4.78, 5) is 14.9. The van der Waals surface area contributed by atoms with Crippen LogP contribution in [0, 0.1) is 0 Å². The highest BCUT2D eigenvalue weighted by molar-refractivity contribution is 5.78. The zero-order valence-electron chi connectivity index (χ0n) is 17.1. The van der Waals surface area contributed by atoms with Gasteiger partial charge < -0.3 is 19.5 Å². The molecule has 1 N–H and O–H groups in total. The van der Waals surface area contributed by atoms with Crippen molar-refractivity contribution in [3.8, 4) is 11.5 Å². The molecule has 2 heterocycles. The zero-order valence-corrected chi connectivity index (χ0v) is 17.1. The van der Waals surface area contributed by atoms with Gasteiger partial charge in [-0.05, 0) is 49.4 Å². The van der Waals surface area contributed by atoms with Gasteiger partial charge in [-0.25, -0.2) is 0 Å². The van der Waals surface area contributed by atoms with Crippen LogP contribution >= 0.6 is 0 Å². The summed E-state index contributed by atoms with van der Waals surface area (Å²) in [6, 6.07) is 4.58. The number of fused-ring (bicyclic) bond motifs is 3. The van der Waals surface area contributed by atoms with Crippen molar-refractivity contribution in [2.75, 3.05) is 46.6 Å². The molecule has 0 radical (unpaired) electrons. The Morgan fingerprint density at radius 2 is 1.96 bits per heavy atom. The van der Waals surface area contributed by atoms with Crippen molar-refractivity contribution in [1.29, 1.82) is 0 Å². The van der Waals surface area contributed by atoms with Crippen LogP contribution in [0.5, 0.6) is 11.5 Å². The minimum atomic E-state index is 0.0945. The second-order valence-electron chi connectivity index (χ2n) is 8.35. The van der Waals surface area contributed by atoms with E-state index in [-0.39, 0.29) is 17.4 Å². The fraction of sp³-hybridized carbons (Fsp3) is 0.682. The number of nitrogens with zero attached hydrogens (tertiary/aromatic N) is 1. The van der Waals surface area contributed by atoms with Crippen LogP contribution in [-0.2, 0) is 14.9 Å². The second kappa shape index (κ2) is 8.29. The monoisotopic (exact) mass is 388 g/mol. The van der Waals surface area contributed by atoms with Crippen LogP contribution in [0.3, 0.4) is 0 Å². The lowest BCUT2D eigenvalue weighted by Gasteiger charge is -2.46. The molecular formula is C22H32N2O4. The molecule has 1 spiro atoms. The molecule has 1 saturated carbocycles. The maximum atomic E-state index is 12.5. The van der Waals surface area contributed by atoms with Crippen molar-refractivity contribution in [2.24, 2.45) is 0 Å².